The van der Waals surface area contributed by atoms with Crippen LogP contribution >= 0.6 is 0 Å². The zero-order chi connectivity index (χ0) is 15.7. The van der Waals surface area contributed by atoms with Gasteiger partial charge in [-0.15, -0.1) is 0 Å². The van der Waals surface area contributed by atoms with Crippen molar-refractivity contribution < 1.29 is 29.0 Å². The molecule has 0 aromatic heterocycles. The van der Waals surface area contributed by atoms with Crippen LogP contribution in [-0.4, -0.2) is 54.6 Å². The zero-order valence-electron chi connectivity index (χ0n) is 11.1. The van der Waals surface area contributed by atoms with E-state index >= 15 is 0 Å². The van der Waals surface area contributed by atoms with Crippen LogP contribution in [0.2, 0.25) is 0 Å². The van der Waals surface area contributed by atoms with Gasteiger partial charge in [0.2, 0.25) is 11.8 Å². The molecule has 112 valence electrons. The van der Waals surface area contributed by atoms with Crippen molar-refractivity contribution in [3.8, 4) is 0 Å². The van der Waals surface area contributed by atoms with Gasteiger partial charge in [0.15, 0.2) is 0 Å². The van der Waals surface area contributed by atoms with Gasteiger partial charge in [-0.25, -0.2) is 9.59 Å². The number of aliphatic carboxylic acids is 1. The molecular weight excluding hydrogens is 270 g/mol. The summed E-state index contributed by atoms with van der Waals surface area (Å²) in [4.78, 5) is 44.2. The number of carboxylic acid groups (broad SMARTS) is 1. The van der Waals surface area contributed by atoms with Crippen molar-refractivity contribution in [3.05, 3.63) is 12.2 Å². The number of nitrogens with one attached hydrogen (secondary N) is 2. The maximum absolute atomic E-state index is 11.3. The van der Waals surface area contributed by atoms with Crippen molar-refractivity contribution in [3.63, 3.8) is 0 Å². The summed E-state index contributed by atoms with van der Waals surface area (Å²) in [7, 11) is 1.15. The number of hydrogen-bond donors (Lipinski definition) is 4. The predicted molar refractivity (Wildman–Crippen MR) is 67.4 cm³/mol. The van der Waals surface area contributed by atoms with E-state index in [-0.39, 0.29) is 6.54 Å². The van der Waals surface area contributed by atoms with Gasteiger partial charge >= 0.3 is 11.9 Å². The topological polar surface area (TPSA) is 148 Å². The average Bonchev–Trinajstić information content (AvgIpc) is 2.39. The highest BCUT2D eigenvalue weighted by Gasteiger charge is 2.21. The Kier molecular flexibility index (Phi) is 7.60. The number of ether oxygens (including phenoxy) is 1. The fourth-order valence-electron chi connectivity index (χ4n) is 0.977. The third-order valence-corrected chi connectivity index (χ3v) is 2.08. The van der Waals surface area contributed by atoms with Crippen molar-refractivity contribution >= 4 is 23.8 Å². The monoisotopic (exact) mass is 287 g/mol. The summed E-state index contributed by atoms with van der Waals surface area (Å²) < 4.78 is 4.27. The number of carbonyl (C=O) groups excluding carboxylic acids is 3. The van der Waals surface area contributed by atoms with Crippen molar-refractivity contribution in [2.24, 2.45) is 5.73 Å². The quantitative estimate of drug-likeness (QED) is 0.305. The number of esters is 1. The molecule has 0 aromatic rings. The Morgan fingerprint density at radius 2 is 1.90 bits per heavy atom. The van der Waals surface area contributed by atoms with Crippen LogP contribution in [0.1, 0.15) is 6.92 Å². The molecule has 0 aliphatic heterocycles. The van der Waals surface area contributed by atoms with Gasteiger partial charge in [0.25, 0.3) is 0 Å². The summed E-state index contributed by atoms with van der Waals surface area (Å²) in [5.41, 5.74) is 5.28. The van der Waals surface area contributed by atoms with Crippen LogP contribution in [0.3, 0.4) is 0 Å². The van der Waals surface area contributed by atoms with Gasteiger partial charge < -0.3 is 26.2 Å². The van der Waals surface area contributed by atoms with Crippen molar-refractivity contribution in [2.45, 2.75) is 19.0 Å². The van der Waals surface area contributed by atoms with E-state index in [0.29, 0.717) is 0 Å². The lowest BCUT2D eigenvalue weighted by molar-refractivity contribution is -0.142. The van der Waals surface area contributed by atoms with E-state index in [1.165, 1.54) is 6.92 Å². The molecular formula is C11H17N3O6. The van der Waals surface area contributed by atoms with Gasteiger partial charge in [-0.2, -0.15) is 0 Å². The predicted octanol–water partition coefficient (Wildman–Crippen LogP) is -2.25. The lowest BCUT2D eigenvalue weighted by atomic mass is 10.2. The number of carboxylic acids is 1. The van der Waals surface area contributed by atoms with E-state index in [2.05, 4.69) is 15.4 Å². The second-order valence-electron chi connectivity index (χ2n) is 3.79. The standard InChI is InChI=1S/C11H17N3O6/c1-6(12)10(17)14-7(11(18)19)5-13-8(15)3-4-9(16)20-2/h3-4,6-7H,5,12H2,1-2H3,(H,13,15)(H,14,17)(H,18,19)/b4-3+/t6-,7?/m1/s1. The molecule has 5 N–H and O–H groups in total. The Morgan fingerprint density at radius 3 is 2.35 bits per heavy atom. The molecule has 0 saturated heterocycles. The van der Waals surface area contributed by atoms with Crippen LogP contribution < -0.4 is 16.4 Å². The SMILES string of the molecule is COC(=O)/C=C/C(=O)NCC(NC(=O)[C@@H](C)N)C(=O)O. The molecule has 1 unspecified atom stereocenters. The Hall–Kier alpha value is -2.42. The molecule has 0 bridgehead atoms. The van der Waals surface area contributed by atoms with Crippen LogP contribution in [0.4, 0.5) is 0 Å². The molecule has 0 saturated carbocycles. The van der Waals surface area contributed by atoms with Crippen LogP contribution in [0, 0.1) is 0 Å². The molecule has 0 fully saturated rings. The first-order chi connectivity index (χ1) is 9.27. The van der Waals surface area contributed by atoms with E-state index in [1.54, 1.807) is 0 Å². The molecule has 0 spiro atoms. The Morgan fingerprint density at radius 1 is 1.30 bits per heavy atom. The number of amides is 2. The van der Waals surface area contributed by atoms with Crippen LogP contribution in [-0.2, 0) is 23.9 Å². The van der Waals surface area contributed by atoms with E-state index < -0.39 is 35.8 Å². The van der Waals surface area contributed by atoms with Crippen molar-refractivity contribution in [1.82, 2.24) is 10.6 Å². The molecule has 0 aliphatic rings. The van der Waals surface area contributed by atoms with Crippen LogP contribution in [0.15, 0.2) is 12.2 Å². The summed E-state index contributed by atoms with van der Waals surface area (Å²) in [5.74, 6) is -3.40. The minimum Gasteiger partial charge on any atom is -0.480 e. The summed E-state index contributed by atoms with van der Waals surface area (Å²) in [5, 5.41) is 13.2. The largest absolute Gasteiger partial charge is 0.480 e. The van der Waals surface area contributed by atoms with Gasteiger partial charge in [0, 0.05) is 18.7 Å². The third-order valence-electron chi connectivity index (χ3n) is 2.08. The first-order valence-electron chi connectivity index (χ1n) is 5.60. The normalized spacial score (nSPS) is 13.3. The smallest absolute Gasteiger partial charge is 0.330 e. The maximum atomic E-state index is 11.3. The second kappa shape index (κ2) is 8.64. The van der Waals surface area contributed by atoms with Crippen molar-refractivity contribution in [1.29, 1.82) is 0 Å². The van der Waals surface area contributed by atoms with Gasteiger partial charge in [-0.1, -0.05) is 0 Å². The number of nitrogens with two attached hydrogens (primary N) is 1. The van der Waals surface area contributed by atoms with E-state index in [1.807, 2.05) is 0 Å². The minimum atomic E-state index is -1.32. The van der Waals surface area contributed by atoms with Gasteiger partial charge in [0.1, 0.15) is 6.04 Å². The molecule has 0 rings (SSSR count). The summed E-state index contributed by atoms with van der Waals surface area (Å²) in [6, 6.07) is -2.18. The van der Waals surface area contributed by atoms with E-state index in [9.17, 15) is 19.2 Å². The minimum absolute atomic E-state index is 0.349. The molecule has 2 amide bonds. The summed E-state index contributed by atoms with van der Waals surface area (Å²) in [6.45, 7) is 1.05. The number of rotatable bonds is 7. The lowest BCUT2D eigenvalue weighted by Gasteiger charge is -2.16. The van der Waals surface area contributed by atoms with Gasteiger partial charge in [-0.3, -0.25) is 9.59 Å². The van der Waals surface area contributed by atoms with Crippen LogP contribution in [0.25, 0.3) is 0 Å². The average molecular weight is 287 g/mol. The molecule has 9 nitrogen and oxygen atoms in total. The molecule has 2 atom stereocenters. The number of hydrogen-bond acceptors (Lipinski definition) is 6. The third kappa shape index (κ3) is 7.11. The fraction of sp³-hybridized carbons (Fsp3) is 0.455. The lowest BCUT2D eigenvalue weighted by Crippen LogP contribution is -2.52. The summed E-state index contributed by atoms with van der Waals surface area (Å²) >= 11 is 0. The highest BCUT2D eigenvalue weighted by atomic mass is 16.5. The molecule has 0 heterocycles. The molecule has 0 aromatic carbocycles. The van der Waals surface area contributed by atoms with Gasteiger partial charge in [-0.05, 0) is 6.92 Å². The van der Waals surface area contributed by atoms with E-state index in [4.69, 9.17) is 10.8 Å². The highest BCUT2D eigenvalue weighted by Crippen LogP contribution is 1.87. The van der Waals surface area contributed by atoms with E-state index in [0.717, 1.165) is 19.3 Å². The van der Waals surface area contributed by atoms with Crippen LogP contribution in [0.5, 0.6) is 0 Å². The molecule has 0 radical (unpaired) electrons. The Labute approximate surface area is 115 Å². The van der Waals surface area contributed by atoms with Gasteiger partial charge in [0.05, 0.1) is 13.2 Å². The number of carbonyl (C=O) groups is 4. The second-order valence-corrected chi connectivity index (χ2v) is 3.79. The molecule has 9 heteroatoms. The fourth-order valence-corrected chi connectivity index (χ4v) is 0.977. The Bertz CT molecular complexity index is 418. The highest BCUT2D eigenvalue weighted by molar-refractivity contribution is 5.95. The first kappa shape index (κ1) is 17.6. The zero-order valence-corrected chi connectivity index (χ0v) is 11.1. The summed E-state index contributed by atoms with van der Waals surface area (Å²) in [6.07, 6.45) is 1.77. The molecule has 0 aliphatic carbocycles. The molecule has 20 heavy (non-hydrogen) atoms. The maximum Gasteiger partial charge on any atom is 0.330 e. The Balaban J connectivity index is 4.38. The number of methoxy groups -OCH3 is 1. The van der Waals surface area contributed by atoms with Crippen molar-refractivity contribution in [2.75, 3.05) is 13.7 Å². The first-order valence-corrected chi connectivity index (χ1v) is 5.60.